The van der Waals surface area contributed by atoms with Crippen molar-refractivity contribution in [1.82, 2.24) is 0 Å². The third-order valence-corrected chi connectivity index (χ3v) is 28.7. The fraction of sp³-hybridized carbons (Fsp3) is 0.500. The van der Waals surface area contributed by atoms with Crippen LogP contribution in [0.25, 0.3) is 0 Å². The third-order valence-electron chi connectivity index (χ3n) is 6.54. The van der Waals surface area contributed by atoms with E-state index in [1.165, 1.54) is 25.2 Å². The molecule has 2 aromatic carbocycles. The molecule has 0 spiro atoms. The average molecular weight is 391 g/mol. The predicted molar refractivity (Wildman–Crippen MR) is 129 cm³/mol. The van der Waals surface area contributed by atoms with Crippen LogP contribution in [0.4, 0.5) is 0 Å². The summed E-state index contributed by atoms with van der Waals surface area (Å²) in [6, 6.07) is 23.4. The zero-order valence-electron chi connectivity index (χ0n) is 17.8. The average Bonchev–Trinajstić information content (AvgIpc) is 2.63. The molecule has 0 amide bonds. The van der Waals surface area contributed by atoms with Crippen LogP contribution in [-0.4, -0.2) is 23.6 Å². The molecule has 0 radical (unpaired) electrons. The maximum atomic E-state index is 2.54. The summed E-state index contributed by atoms with van der Waals surface area (Å²) in [5.74, 6) is 0. The van der Waals surface area contributed by atoms with Crippen molar-refractivity contribution in [2.24, 2.45) is 0 Å². The Morgan fingerprint density at radius 3 is 1.35 bits per heavy atom. The van der Waals surface area contributed by atoms with Crippen molar-refractivity contribution >= 4 is 24.5 Å². The molecule has 2 rings (SSSR count). The van der Waals surface area contributed by atoms with Gasteiger partial charge in [-0.2, -0.15) is 0 Å². The molecular formula is C24H40P2. The summed E-state index contributed by atoms with van der Waals surface area (Å²) in [4.78, 5) is 0. The van der Waals surface area contributed by atoms with E-state index >= 15 is 0 Å². The van der Waals surface area contributed by atoms with Crippen LogP contribution in [0.5, 0.6) is 0 Å². The van der Waals surface area contributed by atoms with Gasteiger partial charge in [0.15, 0.2) is 0 Å². The topological polar surface area (TPSA) is 0 Å². The molecule has 146 valence electrons. The number of rotatable bonds is 9. The Hall–Kier alpha value is -0.700. The van der Waals surface area contributed by atoms with Crippen molar-refractivity contribution in [3.05, 3.63) is 60.7 Å². The first-order valence-electron chi connectivity index (χ1n) is 10.6. The van der Waals surface area contributed by atoms with Gasteiger partial charge in [0.2, 0.25) is 0 Å². The second-order valence-electron chi connectivity index (χ2n) is 8.49. The summed E-state index contributed by atoms with van der Waals surface area (Å²) in [6.45, 7) is 11.5. The van der Waals surface area contributed by atoms with Crippen LogP contribution in [-0.2, 0) is 0 Å². The van der Waals surface area contributed by atoms with Crippen molar-refractivity contribution in [2.75, 3.05) is 12.3 Å². The van der Waals surface area contributed by atoms with Gasteiger partial charge in [-0.15, -0.1) is 0 Å². The van der Waals surface area contributed by atoms with Gasteiger partial charge in [0.25, 0.3) is 0 Å². The normalized spacial score (nSPS) is 14.0. The van der Waals surface area contributed by atoms with Gasteiger partial charge in [0.05, 0.1) is 0 Å². The van der Waals surface area contributed by atoms with E-state index in [-0.39, 0.29) is 0 Å². The van der Waals surface area contributed by atoms with E-state index in [0.29, 0.717) is 0 Å². The molecule has 26 heavy (non-hydrogen) atoms. The van der Waals surface area contributed by atoms with E-state index in [4.69, 9.17) is 0 Å². The van der Waals surface area contributed by atoms with Gasteiger partial charge in [-0.1, -0.05) is 0 Å². The molecule has 0 nitrogen and oxygen atoms in total. The van der Waals surface area contributed by atoms with Gasteiger partial charge in [-0.3, -0.25) is 0 Å². The van der Waals surface area contributed by atoms with Gasteiger partial charge in [0.1, 0.15) is 0 Å². The Morgan fingerprint density at radius 1 is 0.615 bits per heavy atom. The van der Waals surface area contributed by atoms with Crippen molar-refractivity contribution in [3.8, 4) is 0 Å². The zero-order valence-corrected chi connectivity index (χ0v) is 19.8. The van der Waals surface area contributed by atoms with Crippen LogP contribution < -0.4 is 10.6 Å². The molecule has 0 fully saturated rings. The minimum atomic E-state index is -1.75. The molecule has 0 aliphatic rings. The molecule has 0 saturated heterocycles. The molecule has 0 aliphatic carbocycles. The van der Waals surface area contributed by atoms with Gasteiger partial charge in [-0.25, -0.2) is 0 Å². The van der Waals surface area contributed by atoms with Gasteiger partial charge in [0, 0.05) is 0 Å². The fourth-order valence-electron chi connectivity index (χ4n) is 6.11. The number of hydrogen-bond donors (Lipinski definition) is 0. The standard InChI is InChI=1S/C24H40P2/c1-7-19-25(20-8-2,23-15-11-9-12-16-23)26(21(3)4,22(5)6)24-17-13-10-14-18-24/h9-18,21-22,25-26H,7-8,19-20H2,1-6H3. The van der Waals surface area contributed by atoms with Crippen molar-refractivity contribution in [3.63, 3.8) is 0 Å². The molecular weight excluding hydrogens is 350 g/mol. The first kappa shape index (κ1) is 21.6. The predicted octanol–water partition coefficient (Wildman–Crippen LogP) is 6.69. The van der Waals surface area contributed by atoms with E-state index in [0.717, 1.165) is 11.3 Å². The first-order valence-corrected chi connectivity index (χ1v) is 16.1. The molecule has 0 bridgehead atoms. The van der Waals surface area contributed by atoms with Crippen LogP contribution in [0.3, 0.4) is 0 Å². The quantitative estimate of drug-likeness (QED) is 0.419. The van der Waals surface area contributed by atoms with Gasteiger partial charge in [-0.05, 0) is 0 Å². The summed E-state index contributed by atoms with van der Waals surface area (Å²) in [5, 5.41) is 3.43. The monoisotopic (exact) mass is 390 g/mol. The Balaban J connectivity index is 2.90. The van der Waals surface area contributed by atoms with E-state index in [1.807, 2.05) is 0 Å². The summed E-state index contributed by atoms with van der Waals surface area (Å²) in [7, 11) is 0. The van der Waals surface area contributed by atoms with E-state index in [1.54, 1.807) is 10.6 Å². The maximum absolute atomic E-state index is 2.54. The summed E-state index contributed by atoms with van der Waals surface area (Å²) >= 11 is 0. The molecule has 0 heterocycles. The number of benzene rings is 2. The Labute approximate surface area is 163 Å². The fourth-order valence-corrected chi connectivity index (χ4v) is 31.7. The SMILES string of the molecule is CCC[PH](CCC)(c1ccccc1)[PH](c1ccccc1)(C(C)C)C(C)C. The summed E-state index contributed by atoms with van der Waals surface area (Å²) < 4.78 is 0. The molecule has 0 N–H and O–H groups in total. The van der Waals surface area contributed by atoms with Crippen LogP contribution in [0.1, 0.15) is 54.4 Å². The van der Waals surface area contributed by atoms with Crippen LogP contribution in [0, 0.1) is 0 Å². The first-order chi connectivity index (χ1) is 12.5. The Bertz CT molecular complexity index is 632. The van der Waals surface area contributed by atoms with Crippen LogP contribution >= 0.6 is 13.9 Å². The van der Waals surface area contributed by atoms with E-state index in [2.05, 4.69) is 102 Å². The summed E-state index contributed by atoms with van der Waals surface area (Å²) in [5.41, 5.74) is 1.52. The molecule has 0 aromatic heterocycles. The van der Waals surface area contributed by atoms with Crippen LogP contribution in [0.2, 0.25) is 0 Å². The van der Waals surface area contributed by atoms with E-state index < -0.39 is 13.9 Å². The summed E-state index contributed by atoms with van der Waals surface area (Å²) in [6.07, 6.45) is 5.48. The minimum absolute atomic E-state index is 0.759. The second kappa shape index (κ2) is 9.48. The number of hydrogen-bond acceptors (Lipinski definition) is 0. The zero-order chi connectivity index (χ0) is 19.2. The van der Waals surface area contributed by atoms with Crippen molar-refractivity contribution in [1.29, 1.82) is 0 Å². The third kappa shape index (κ3) is 3.66. The molecule has 2 aromatic rings. The Morgan fingerprint density at radius 2 is 1.00 bits per heavy atom. The Kier molecular flexibility index (Phi) is 7.88. The molecule has 0 aliphatic heterocycles. The van der Waals surface area contributed by atoms with Gasteiger partial charge >= 0.3 is 163 Å². The molecule has 0 atom stereocenters. The second-order valence-corrected chi connectivity index (χ2v) is 22.2. The van der Waals surface area contributed by atoms with Crippen LogP contribution in [0.15, 0.2) is 60.7 Å². The molecule has 0 unspecified atom stereocenters. The molecule has 2 heteroatoms. The van der Waals surface area contributed by atoms with Gasteiger partial charge < -0.3 is 0 Å². The van der Waals surface area contributed by atoms with E-state index in [9.17, 15) is 0 Å². The van der Waals surface area contributed by atoms with Crippen molar-refractivity contribution < 1.29 is 0 Å². The van der Waals surface area contributed by atoms with Crippen molar-refractivity contribution in [2.45, 2.75) is 65.7 Å². The molecule has 0 saturated carbocycles.